The zero-order valence-corrected chi connectivity index (χ0v) is 25.4. The first-order valence-electron chi connectivity index (χ1n) is 15.4. The van der Waals surface area contributed by atoms with Crippen molar-refractivity contribution in [1.29, 1.82) is 0 Å². The summed E-state index contributed by atoms with van der Waals surface area (Å²) in [6.07, 6.45) is 7.33. The molecular weight excluding hydrogens is 533 g/mol. The fourth-order valence-electron chi connectivity index (χ4n) is 7.67. The van der Waals surface area contributed by atoms with Gasteiger partial charge in [-0.1, -0.05) is 13.8 Å². The van der Waals surface area contributed by atoms with Crippen LogP contribution in [0.4, 0.5) is 10.2 Å². The fourth-order valence-corrected chi connectivity index (χ4v) is 7.67. The standard InChI is InChI=1S/C31H42FN9O/c1-19(2)27(22-12-24(13-22)38(4)5)40-16-31(17-40)10-11-39(15-31)29-30(37-34-18-33-29)42-26-9-8-23(32)14-25(26)41-20(3)35-36-28(41)21-6-7-21/h8-9,14,18-19,21-22,24,27H,6-7,10-13,15-17H2,1-5H3. The van der Waals surface area contributed by atoms with Crippen LogP contribution in [0.2, 0.25) is 0 Å². The topological polar surface area (TPSA) is 88.3 Å². The van der Waals surface area contributed by atoms with Crippen molar-refractivity contribution in [2.45, 2.75) is 70.9 Å². The summed E-state index contributed by atoms with van der Waals surface area (Å²) < 4.78 is 22.8. The van der Waals surface area contributed by atoms with Crippen LogP contribution < -0.4 is 9.64 Å². The zero-order valence-electron chi connectivity index (χ0n) is 25.4. The first-order valence-corrected chi connectivity index (χ1v) is 15.4. The molecule has 1 spiro atoms. The van der Waals surface area contributed by atoms with Gasteiger partial charge >= 0.3 is 0 Å². The van der Waals surface area contributed by atoms with Gasteiger partial charge in [-0.25, -0.2) is 9.37 Å². The van der Waals surface area contributed by atoms with Crippen LogP contribution in [0.25, 0.3) is 5.69 Å². The Balaban J connectivity index is 1.08. The first kappa shape index (κ1) is 27.6. The molecule has 0 N–H and O–H groups in total. The average Bonchev–Trinajstić information content (AvgIpc) is 3.54. The van der Waals surface area contributed by atoms with Crippen molar-refractivity contribution in [3.8, 4) is 17.3 Å². The number of nitrogens with zero attached hydrogens (tertiary/aromatic N) is 9. The van der Waals surface area contributed by atoms with Gasteiger partial charge in [0.15, 0.2) is 11.6 Å². The third-order valence-corrected chi connectivity index (χ3v) is 10.0. The molecule has 0 bridgehead atoms. The second-order valence-corrected chi connectivity index (χ2v) is 13.7. The SMILES string of the molecule is Cc1nnc(C2CC2)n1-c1cc(F)ccc1Oc1nncnc1N1CCC2(C1)CN(C(C(C)C)C1CC(N(C)C)C1)C2. The Hall–Kier alpha value is -3.18. The van der Waals surface area contributed by atoms with Gasteiger partial charge in [0.25, 0.3) is 5.88 Å². The Morgan fingerprint density at radius 3 is 2.57 bits per heavy atom. The van der Waals surface area contributed by atoms with Crippen LogP contribution in [-0.4, -0.2) is 92.1 Å². The van der Waals surface area contributed by atoms with Gasteiger partial charge in [-0.3, -0.25) is 9.47 Å². The summed E-state index contributed by atoms with van der Waals surface area (Å²) in [5.41, 5.74) is 0.829. The number of likely N-dealkylation sites (tertiary alicyclic amines) is 1. The Morgan fingerprint density at radius 1 is 1.07 bits per heavy atom. The van der Waals surface area contributed by atoms with Crippen molar-refractivity contribution in [3.05, 3.63) is 42.0 Å². The van der Waals surface area contributed by atoms with E-state index in [-0.39, 0.29) is 11.2 Å². The van der Waals surface area contributed by atoms with E-state index in [2.05, 4.69) is 68.0 Å². The normalized spacial score (nSPS) is 24.3. The summed E-state index contributed by atoms with van der Waals surface area (Å²) in [4.78, 5) is 12.0. The third kappa shape index (κ3) is 4.94. The molecule has 4 heterocycles. The third-order valence-electron chi connectivity index (χ3n) is 10.0. The van der Waals surface area contributed by atoms with Gasteiger partial charge in [-0.05, 0) is 77.1 Å². The molecule has 2 aliphatic heterocycles. The second kappa shape index (κ2) is 10.5. The number of benzene rings is 1. The molecule has 3 aromatic rings. The lowest BCUT2D eigenvalue weighted by Gasteiger charge is -2.57. The molecule has 42 heavy (non-hydrogen) atoms. The van der Waals surface area contributed by atoms with Gasteiger partial charge < -0.3 is 14.5 Å². The molecule has 10 nitrogen and oxygen atoms in total. The summed E-state index contributed by atoms with van der Waals surface area (Å²) in [5.74, 6) is 4.47. The first-order chi connectivity index (χ1) is 20.2. The van der Waals surface area contributed by atoms with Crippen molar-refractivity contribution in [3.63, 3.8) is 0 Å². The number of hydrogen-bond acceptors (Lipinski definition) is 9. The Morgan fingerprint density at radius 2 is 1.86 bits per heavy atom. The lowest BCUT2D eigenvalue weighted by molar-refractivity contribution is -0.0762. The average molecular weight is 576 g/mol. The molecule has 0 amide bonds. The Bertz CT molecular complexity index is 1440. The molecule has 4 fully saturated rings. The number of hydrogen-bond donors (Lipinski definition) is 0. The molecule has 2 aromatic heterocycles. The van der Waals surface area contributed by atoms with E-state index >= 15 is 0 Å². The molecule has 4 aliphatic rings. The second-order valence-electron chi connectivity index (χ2n) is 13.7. The number of anilines is 1. The molecular formula is C31H42FN9O. The highest BCUT2D eigenvalue weighted by molar-refractivity contribution is 5.55. The number of halogens is 1. The van der Waals surface area contributed by atoms with Crippen LogP contribution in [0.5, 0.6) is 11.6 Å². The number of ether oxygens (including phenoxy) is 1. The summed E-state index contributed by atoms with van der Waals surface area (Å²) in [5, 5.41) is 17.1. The van der Waals surface area contributed by atoms with Crippen LogP contribution in [-0.2, 0) is 0 Å². The highest BCUT2D eigenvalue weighted by atomic mass is 19.1. The van der Waals surface area contributed by atoms with E-state index in [1.54, 1.807) is 6.07 Å². The minimum Gasteiger partial charge on any atom is -0.433 e. The van der Waals surface area contributed by atoms with Crippen molar-refractivity contribution in [2.75, 3.05) is 45.2 Å². The quantitative estimate of drug-likeness (QED) is 0.367. The van der Waals surface area contributed by atoms with Crippen LogP contribution in [0.1, 0.15) is 63.5 Å². The number of aryl methyl sites for hydroxylation is 1. The van der Waals surface area contributed by atoms with E-state index in [4.69, 9.17) is 4.74 Å². The van der Waals surface area contributed by atoms with E-state index in [1.165, 1.54) is 31.3 Å². The smallest absolute Gasteiger partial charge is 0.282 e. The van der Waals surface area contributed by atoms with Crippen LogP contribution in [0.15, 0.2) is 24.5 Å². The molecule has 1 unspecified atom stereocenters. The minimum atomic E-state index is -0.348. The maximum absolute atomic E-state index is 14.5. The van der Waals surface area contributed by atoms with Crippen molar-refractivity contribution in [2.24, 2.45) is 17.3 Å². The van der Waals surface area contributed by atoms with E-state index in [0.29, 0.717) is 46.8 Å². The highest BCUT2D eigenvalue weighted by Crippen LogP contribution is 2.48. The van der Waals surface area contributed by atoms with Crippen molar-refractivity contribution < 1.29 is 9.13 Å². The minimum absolute atomic E-state index is 0.264. The van der Waals surface area contributed by atoms with Gasteiger partial charge in [0.1, 0.15) is 23.8 Å². The molecule has 2 saturated carbocycles. The summed E-state index contributed by atoms with van der Waals surface area (Å²) in [7, 11) is 4.41. The largest absolute Gasteiger partial charge is 0.433 e. The molecule has 0 radical (unpaired) electrons. The molecule has 11 heteroatoms. The Labute approximate surface area is 247 Å². The molecule has 2 saturated heterocycles. The zero-order chi connectivity index (χ0) is 29.2. The van der Waals surface area contributed by atoms with Gasteiger partial charge in [0.2, 0.25) is 0 Å². The lowest BCUT2D eigenvalue weighted by Crippen LogP contribution is -2.65. The van der Waals surface area contributed by atoms with Crippen LogP contribution in [0, 0.1) is 30.0 Å². The van der Waals surface area contributed by atoms with Gasteiger partial charge in [-0.15, -0.1) is 20.4 Å². The maximum atomic E-state index is 14.5. The maximum Gasteiger partial charge on any atom is 0.282 e. The van der Waals surface area contributed by atoms with Crippen molar-refractivity contribution in [1.82, 2.24) is 39.7 Å². The highest BCUT2D eigenvalue weighted by Gasteiger charge is 2.53. The van der Waals surface area contributed by atoms with Gasteiger partial charge in [0, 0.05) is 55.7 Å². The fraction of sp³-hybridized carbons (Fsp3) is 0.645. The summed E-state index contributed by atoms with van der Waals surface area (Å²) >= 11 is 0. The van der Waals surface area contributed by atoms with E-state index < -0.39 is 0 Å². The van der Waals surface area contributed by atoms with E-state index in [9.17, 15) is 4.39 Å². The van der Waals surface area contributed by atoms with E-state index in [1.807, 2.05) is 11.5 Å². The molecule has 1 aromatic carbocycles. The van der Waals surface area contributed by atoms with Crippen LogP contribution >= 0.6 is 0 Å². The molecule has 224 valence electrons. The van der Waals surface area contributed by atoms with E-state index in [0.717, 1.165) is 63.2 Å². The van der Waals surface area contributed by atoms with Crippen LogP contribution in [0.3, 0.4) is 0 Å². The molecule has 2 aliphatic carbocycles. The predicted molar refractivity (Wildman–Crippen MR) is 158 cm³/mol. The number of rotatable bonds is 9. The molecule has 7 rings (SSSR count). The Kier molecular flexibility index (Phi) is 6.92. The summed E-state index contributed by atoms with van der Waals surface area (Å²) in [6.45, 7) is 10.7. The van der Waals surface area contributed by atoms with Gasteiger partial charge in [-0.2, -0.15) is 0 Å². The van der Waals surface area contributed by atoms with Gasteiger partial charge in [0.05, 0.1) is 5.69 Å². The molecule has 1 atom stereocenters. The monoisotopic (exact) mass is 575 g/mol. The predicted octanol–water partition coefficient (Wildman–Crippen LogP) is 4.45. The summed E-state index contributed by atoms with van der Waals surface area (Å²) in [6, 6.07) is 5.90. The lowest BCUT2D eigenvalue weighted by atomic mass is 9.68. The van der Waals surface area contributed by atoms with Crippen molar-refractivity contribution >= 4 is 5.82 Å². The number of aromatic nitrogens is 6.